The van der Waals surface area contributed by atoms with Gasteiger partial charge in [0, 0.05) is 56.2 Å². The highest BCUT2D eigenvalue weighted by molar-refractivity contribution is 5.77. The largest absolute Gasteiger partial charge is 0.449 e. The average molecular weight is 458 g/mol. The first-order chi connectivity index (χ1) is 16.5. The van der Waals surface area contributed by atoms with Gasteiger partial charge in [0.25, 0.3) is 5.56 Å². The summed E-state index contributed by atoms with van der Waals surface area (Å²) in [4.78, 5) is 26.6. The first-order valence-electron chi connectivity index (χ1n) is 11.2. The smallest absolute Gasteiger partial charge is 0.294 e. The molecule has 0 bridgehead atoms. The Labute approximate surface area is 197 Å². The van der Waals surface area contributed by atoms with Gasteiger partial charge in [-0.05, 0) is 49.5 Å². The molecule has 174 valence electrons. The third-order valence-corrected chi connectivity index (χ3v) is 6.05. The Morgan fingerprint density at radius 3 is 2.44 bits per heavy atom. The van der Waals surface area contributed by atoms with Crippen molar-refractivity contribution >= 4 is 34.0 Å². The van der Waals surface area contributed by atoms with E-state index in [1.54, 1.807) is 37.5 Å². The fourth-order valence-corrected chi connectivity index (χ4v) is 3.99. The van der Waals surface area contributed by atoms with Crippen molar-refractivity contribution in [1.82, 2.24) is 19.4 Å². The Morgan fingerprint density at radius 2 is 1.71 bits per heavy atom. The molecular weight excluding hydrogens is 430 g/mol. The molecule has 2 aromatic carbocycles. The summed E-state index contributed by atoms with van der Waals surface area (Å²) < 4.78 is 7.24. The predicted molar refractivity (Wildman–Crippen MR) is 135 cm³/mol. The quantitative estimate of drug-likeness (QED) is 0.441. The molecule has 0 aliphatic carbocycles. The standard InChI is InChI=1S/C25H27N7O2/c1-30-11-13-32(14-12-30)19-9-7-18(8-10-19)28-25-27-16-17-15-22(24(33)31(2)23(17)29-25)34-21-6-4-3-5-20(21)26/h3-10,15-16H,11-14,26H2,1-2H3,(H,27,28,29). The van der Waals surface area contributed by atoms with Crippen LogP contribution in [0.4, 0.5) is 23.0 Å². The van der Waals surface area contributed by atoms with E-state index in [-0.39, 0.29) is 11.3 Å². The van der Waals surface area contributed by atoms with Crippen LogP contribution < -0.4 is 26.2 Å². The van der Waals surface area contributed by atoms with Gasteiger partial charge in [0.05, 0.1) is 5.69 Å². The molecule has 9 heteroatoms. The molecule has 34 heavy (non-hydrogen) atoms. The van der Waals surface area contributed by atoms with Crippen LogP contribution in [0, 0.1) is 0 Å². The molecule has 2 aromatic heterocycles. The second-order valence-corrected chi connectivity index (χ2v) is 8.45. The number of anilines is 4. The molecule has 0 amide bonds. The Morgan fingerprint density at radius 1 is 0.971 bits per heavy atom. The number of nitrogens with two attached hydrogens (primary N) is 1. The lowest BCUT2D eigenvalue weighted by Gasteiger charge is -2.34. The summed E-state index contributed by atoms with van der Waals surface area (Å²) in [6.07, 6.45) is 1.67. The SMILES string of the molecule is CN1CCN(c2ccc(Nc3ncc4cc(Oc5ccccc5N)c(=O)n(C)c4n3)cc2)CC1. The molecule has 1 fully saturated rings. The number of hydrogen-bond donors (Lipinski definition) is 2. The number of aromatic nitrogens is 3. The summed E-state index contributed by atoms with van der Waals surface area (Å²) in [5, 5.41) is 3.91. The van der Waals surface area contributed by atoms with Crippen LogP contribution in [0.25, 0.3) is 11.0 Å². The maximum absolute atomic E-state index is 12.9. The number of aryl methyl sites for hydroxylation is 1. The average Bonchev–Trinajstić information content (AvgIpc) is 2.85. The summed E-state index contributed by atoms with van der Waals surface area (Å²) in [5.74, 6) is 1.01. The second-order valence-electron chi connectivity index (χ2n) is 8.45. The van der Waals surface area contributed by atoms with Gasteiger partial charge in [-0.25, -0.2) is 4.98 Å². The molecule has 3 N–H and O–H groups in total. The van der Waals surface area contributed by atoms with Gasteiger partial charge in [-0.15, -0.1) is 0 Å². The van der Waals surface area contributed by atoms with E-state index in [2.05, 4.69) is 44.3 Å². The number of pyridine rings is 1. The van der Waals surface area contributed by atoms with Crippen LogP contribution in [0.2, 0.25) is 0 Å². The minimum Gasteiger partial charge on any atom is -0.449 e. The molecule has 3 heterocycles. The number of nitrogens with zero attached hydrogens (tertiary/aromatic N) is 5. The zero-order chi connectivity index (χ0) is 23.7. The molecule has 1 saturated heterocycles. The lowest BCUT2D eigenvalue weighted by Crippen LogP contribution is -2.44. The molecule has 1 aliphatic heterocycles. The highest BCUT2D eigenvalue weighted by Crippen LogP contribution is 2.27. The van der Waals surface area contributed by atoms with Crippen molar-refractivity contribution < 1.29 is 4.74 Å². The third kappa shape index (κ3) is 4.38. The van der Waals surface area contributed by atoms with E-state index < -0.39 is 0 Å². The van der Waals surface area contributed by atoms with Crippen LogP contribution in [0.5, 0.6) is 11.5 Å². The van der Waals surface area contributed by atoms with Crippen molar-refractivity contribution in [3.8, 4) is 11.5 Å². The number of hydrogen-bond acceptors (Lipinski definition) is 8. The second kappa shape index (κ2) is 9.03. The minimum atomic E-state index is -0.308. The van der Waals surface area contributed by atoms with Crippen molar-refractivity contribution in [2.75, 3.05) is 49.2 Å². The van der Waals surface area contributed by atoms with E-state index in [4.69, 9.17) is 10.5 Å². The van der Waals surface area contributed by atoms with Gasteiger partial charge in [0.1, 0.15) is 5.65 Å². The van der Waals surface area contributed by atoms with Gasteiger partial charge in [0.15, 0.2) is 11.5 Å². The van der Waals surface area contributed by atoms with E-state index >= 15 is 0 Å². The van der Waals surface area contributed by atoms with Crippen molar-refractivity contribution in [3.63, 3.8) is 0 Å². The Hall–Kier alpha value is -4.11. The molecule has 1 aliphatic rings. The molecule has 0 atom stereocenters. The van der Waals surface area contributed by atoms with Crippen LogP contribution in [0.3, 0.4) is 0 Å². The van der Waals surface area contributed by atoms with Crippen LogP contribution in [0.1, 0.15) is 0 Å². The Kier molecular flexibility index (Phi) is 5.77. The fourth-order valence-electron chi connectivity index (χ4n) is 3.99. The fraction of sp³-hybridized carbons (Fsp3) is 0.240. The molecule has 0 spiro atoms. The molecule has 0 saturated carbocycles. The lowest BCUT2D eigenvalue weighted by molar-refractivity contribution is 0.313. The number of rotatable bonds is 5. The number of para-hydroxylation sites is 2. The number of nitrogens with one attached hydrogen (secondary N) is 1. The normalized spacial score (nSPS) is 14.4. The van der Waals surface area contributed by atoms with E-state index in [1.807, 2.05) is 18.2 Å². The van der Waals surface area contributed by atoms with Crippen molar-refractivity contribution in [2.24, 2.45) is 7.05 Å². The lowest BCUT2D eigenvalue weighted by atomic mass is 10.2. The molecule has 0 unspecified atom stereocenters. The number of nitrogen functional groups attached to an aromatic ring is 1. The monoisotopic (exact) mass is 457 g/mol. The highest BCUT2D eigenvalue weighted by Gasteiger charge is 2.15. The summed E-state index contributed by atoms with van der Waals surface area (Å²) in [6, 6.07) is 16.9. The highest BCUT2D eigenvalue weighted by atomic mass is 16.5. The summed E-state index contributed by atoms with van der Waals surface area (Å²) in [7, 11) is 3.81. The van der Waals surface area contributed by atoms with Gasteiger partial charge >= 0.3 is 0 Å². The van der Waals surface area contributed by atoms with Crippen molar-refractivity contribution in [3.05, 3.63) is 71.1 Å². The number of piperazine rings is 1. The molecule has 9 nitrogen and oxygen atoms in total. The molecule has 5 rings (SSSR count). The van der Waals surface area contributed by atoms with Gasteiger partial charge in [0.2, 0.25) is 5.95 Å². The van der Waals surface area contributed by atoms with E-state index in [0.29, 0.717) is 28.4 Å². The molecule has 4 aromatic rings. The topological polar surface area (TPSA) is 102 Å². The third-order valence-electron chi connectivity index (χ3n) is 6.05. The van der Waals surface area contributed by atoms with E-state index in [0.717, 1.165) is 31.9 Å². The van der Waals surface area contributed by atoms with Gasteiger partial charge < -0.3 is 25.6 Å². The Balaban J connectivity index is 1.36. The maximum Gasteiger partial charge on any atom is 0.294 e. The first-order valence-corrected chi connectivity index (χ1v) is 11.2. The number of benzene rings is 2. The first kappa shape index (κ1) is 21.7. The predicted octanol–water partition coefficient (Wildman–Crippen LogP) is 3.20. The molecule has 0 radical (unpaired) electrons. The van der Waals surface area contributed by atoms with E-state index in [9.17, 15) is 4.79 Å². The van der Waals surface area contributed by atoms with Gasteiger partial charge in [-0.3, -0.25) is 9.36 Å². The minimum absolute atomic E-state index is 0.164. The van der Waals surface area contributed by atoms with Gasteiger partial charge in [-0.2, -0.15) is 4.98 Å². The number of ether oxygens (including phenoxy) is 1. The van der Waals surface area contributed by atoms with Crippen LogP contribution >= 0.6 is 0 Å². The van der Waals surface area contributed by atoms with E-state index in [1.165, 1.54) is 10.3 Å². The summed E-state index contributed by atoms with van der Waals surface area (Å²) >= 11 is 0. The Bertz CT molecular complexity index is 1380. The zero-order valence-corrected chi connectivity index (χ0v) is 19.2. The van der Waals surface area contributed by atoms with Gasteiger partial charge in [-0.1, -0.05) is 12.1 Å². The maximum atomic E-state index is 12.9. The van der Waals surface area contributed by atoms with Crippen LogP contribution in [-0.2, 0) is 7.05 Å². The summed E-state index contributed by atoms with van der Waals surface area (Å²) in [6.45, 7) is 4.17. The van der Waals surface area contributed by atoms with Crippen LogP contribution in [-0.4, -0.2) is 52.7 Å². The number of fused-ring (bicyclic) bond motifs is 1. The zero-order valence-electron chi connectivity index (χ0n) is 19.2. The molecular formula is C25H27N7O2. The van der Waals surface area contributed by atoms with Crippen LogP contribution in [0.15, 0.2) is 65.6 Å². The van der Waals surface area contributed by atoms with Crippen molar-refractivity contribution in [1.29, 1.82) is 0 Å². The number of likely N-dealkylation sites (N-methyl/N-ethyl adjacent to an activating group) is 1. The van der Waals surface area contributed by atoms with Crippen molar-refractivity contribution in [2.45, 2.75) is 0 Å². The summed E-state index contributed by atoms with van der Waals surface area (Å²) in [5.41, 5.74) is 8.68.